The van der Waals surface area contributed by atoms with Gasteiger partial charge in [0, 0.05) is 6.08 Å². The standard InChI is InChI=1S/C27H44O7/c1-8-14(2)13-19(28)33-22-23(29)27(30,31)16(4)32-24(22)34-26(7)12-11-18-21(25(18,5)6)20-15(3)9-10-17(20)26/h13,15-18,20-24,29-31H,8-12H2,1-7H3/t15?,16?,17-,18+,20+,21+,22?,23?,24?,26-/m0/s1. The Morgan fingerprint density at radius 3 is 2.44 bits per heavy atom. The largest absolute Gasteiger partial charge is 0.451 e. The number of carbonyl (C=O) groups excluding carboxylic acids is 1. The molecule has 0 aromatic rings. The summed E-state index contributed by atoms with van der Waals surface area (Å²) < 4.78 is 18.1. The van der Waals surface area contributed by atoms with Gasteiger partial charge in [-0.15, -0.1) is 0 Å². The molecule has 3 N–H and O–H groups in total. The molecule has 0 spiro atoms. The predicted molar refractivity (Wildman–Crippen MR) is 126 cm³/mol. The van der Waals surface area contributed by atoms with Crippen LogP contribution >= 0.6 is 0 Å². The highest BCUT2D eigenvalue weighted by atomic mass is 16.7. The van der Waals surface area contributed by atoms with Gasteiger partial charge < -0.3 is 29.5 Å². The van der Waals surface area contributed by atoms with Gasteiger partial charge in [-0.05, 0) is 81.5 Å². The van der Waals surface area contributed by atoms with Gasteiger partial charge in [-0.1, -0.05) is 39.7 Å². The van der Waals surface area contributed by atoms with Crippen molar-refractivity contribution in [3.63, 3.8) is 0 Å². The molecule has 0 aromatic carbocycles. The Labute approximate surface area is 203 Å². The molecule has 10 atom stereocenters. The van der Waals surface area contributed by atoms with Crippen LogP contribution in [-0.2, 0) is 19.0 Å². The molecule has 1 aliphatic heterocycles. The molecule has 0 aromatic heterocycles. The van der Waals surface area contributed by atoms with Crippen molar-refractivity contribution in [3.05, 3.63) is 11.6 Å². The molecule has 34 heavy (non-hydrogen) atoms. The molecule has 3 aliphatic carbocycles. The molecule has 0 amide bonds. The van der Waals surface area contributed by atoms with Crippen molar-refractivity contribution in [1.82, 2.24) is 0 Å². The van der Waals surface area contributed by atoms with E-state index in [0.717, 1.165) is 31.3 Å². The summed E-state index contributed by atoms with van der Waals surface area (Å²) >= 11 is 0. The van der Waals surface area contributed by atoms with E-state index >= 15 is 0 Å². The SMILES string of the molecule is CCC(C)=CC(=O)OC1C(O[C@@]2(C)CC[C@@H]3[C@H]([C@@H]4C(C)CC[C@@H]42)C3(C)C)OC(C)C(O)(O)C1O. The molecule has 0 radical (unpaired) electrons. The van der Waals surface area contributed by atoms with Gasteiger partial charge in [0.25, 0.3) is 0 Å². The second-order valence-corrected chi connectivity index (χ2v) is 12.3. The zero-order valence-electron chi connectivity index (χ0n) is 21.8. The van der Waals surface area contributed by atoms with Gasteiger partial charge >= 0.3 is 5.97 Å². The van der Waals surface area contributed by atoms with E-state index in [1.165, 1.54) is 13.0 Å². The van der Waals surface area contributed by atoms with Crippen molar-refractivity contribution in [2.45, 2.75) is 117 Å². The van der Waals surface area contributed by atoms with Crippen LogP contribution in [-0.4, -0.2) is 57.3 Å². The molecule has 7 nitrogen and oxygen atoms in total. The average Bonchev–Trinajstić information content (AvgIpc) is 3.13. The van der Waals surface area contributed by atoms with Crippen LogP contribution in [0.15, 0.2) is 11.6 Å². The summed E-state index contributed by atoms with van der Waals surface area (Å²) in [5.41, 5.74) is 0.666. The summed E-state index contributed by atoms with van der Waals surface area (Å²) in [6.45, 7) is 14.5. The Morgan fingerprint density at radius 1 is 1.12 bits per heavy atom. The molecule has 1 heterocycles. The molecule has 194 valence electrons. The molecule has 4 rings (SSSR count). The smallest absolute Gasteiger partial charge is 0.331 e. The number of hydrogen-bond acceptors (Lipinski definition) is 7. The second kappa shape index (κ2) is 8.84. The fourth-order valence-corrected chi connectivity index (χ4v) is 7.38. The first kappa shape index (κ1) is 26.1. The molecular weight excluding hydrogens is 436 g/mol. The average molecular weight is 481 g/mol. The first-order chi connectivity index (χ1) is 15.7. The van der Waals surface area contributed by atoms with Crippen LogP contribution in [0.5, 0.6) is 0 Å². The lowest BCUT2D eigenvalue weighted by Crippen LogP contribution is -2.67. The second-order valence-electron chi connectivity index (χ2n) is 12.3. The number of ether oxygens (including phenoxy) is 3. The van der Waals surface area contributed by atoms with Crippen LogP contribution in [0, 0.1) is 35.0 Å². The molecular formula is C27H44O7. The Balaban J connectivity index is 1.60. The number of esters is 1. The van der Waals surface area contributed by atoms with Crippen LogP contribution in [0.2, 0.25) is 0 Å². The third-order valence-corrected chi connectivity index (χ3v) is 9.86. The van der Waals surface area contributed by atoms with Crippen molar-refractivity contribution < 1.29 is 34.3 Å². The predicted octanol–water partition coefficient (Wildman–Crippen LogP) is 3.54. The van der Waals surface area contributed by atoms with Crippen molar-refractivity contribution in [1.29, 1.82) is 0 Å². The number of hydrogen-bond donors (Lipinski definition) is 3. The fraction of sp³-hybridized carbons (Fsp3) is 0.889. The molecule has 4 fully saturated rings. The fourth-order valence-electron chi connectivity index (χ4n) is 7.38. The van der Waals surface area contributed by atoms with E-state index in [0.29, 0.717) is 41.4 Å². The maximum Gasteiger partial charge on any atom is 0.331 e. The maximum absolute atomic E-state index is 12.6. The monoisotopic (exact) mass is 480 g/mol. The number of aliphatic hydroxyl groups is 3. The van der Waals surface area contributed by atoms with E-state index in [1.807, 2.05) is 13.8 Å². The minimum Gasteiger partial charge on any atom is -0.451 e. The van der Waals surface area contributed by atoms with Crippen molar-refractivity contribution >= 4 is 5.97 Å². The third-order valence-electron chi connectivity index (χ3n) is 9.86. The minimum atomic E-state index is -2.56. The van der Waals surface area contributed by atoms with Gasteiger partial charge in [0.15, 0.2) is 18.5 Å². The van der Waals surface area contributed by atoms with Gasteiger partial charge in [0.2, 0.25) is 5.79 Å². The van der Waals surface area contributed by atoms with Crippen LogP contribution < -0.4 is 0 Å². The summed E-state index contributed by atoms with van der Waals surface area (Å²) in [6, 6.07) is 0. The Hall–Kier alpha value is -0.990. The highest BCUT2D eigenvalue weighted by Gasteiger charge is 2.68. The lowest BCUT2D eigenvalue weighted by atomic mass is 9.74. The zero-order chi connectivity index (χ0) is 25.2. The summed E-state index contributed by atoms with van der Waals surface area (Å²) in [6.07, 6.45) is 0.848. The van der Waals surface area contributed by atoms with E-state index < -0.39 is 42.0 Å². The summed E-state index contributed by atoms with van der Waals surface area (Å²) in [7, 11) is 0. The molecule has 0 bridgehead atoms. The molecule has 4 aliphatic rings. The number of allylic oxidation sites excluding steroid dienone is 1. The number of aliphatic hydroxyl groups excluding tert-OH is 1. The minimum absolute atomic E-state index is 0.337. The van der Waals surface area contributed by atoms with Crippen molar-refractivity contribution in [3.8, 4) is 0 Å². The van der Waals surface area contributed by atoms with Gasteiger partial charge in [-0.2, -0.15) is 0 Å². The normalized spacial score (nSPS) is 47.4. The van der Waals surface area contributed by atoms with Crippen LogP contribution in [0.4, 0.5) is 0 Å². The Kier molecular flexibility index (Phi) is 6.78. The van der Waals surface area contributed by atoms with Crippen molar-refractivity contribution in [2.75, 3.05) is 0 Å². The van der Waals surface area contributed by atoms with Gasteiger partial charge in [-0.3, -0.25) is 0 Å². The highest BCUT2D eigenvalue weighted by molar-refractivity contribution is 5.82. The summed E-state index contributed by atoms with van der Waals surface area (Å²) in [4.78, 5) is 12.6. The first-order valence-corrected chi connectivity index (χ1v) is 13.1. The van der Waals surface area contributed by atoms with Crippen molar-refractivity contribution in [2.24, 2.45) is 35.0 Å². The number of fused-ring (bicyclic) bond motifs is 3. The first-order valence-electron chi connectivity index (χ1n) is 13.1. The Morgan fingerprint density at radius 2 is 1.79 bits per heavy atom. The topological polar surface area (TPSA) is 105 Å². The zero-order valence-corrected chi connectivity index (χ0v) is 21.8. The van der Waals surface area contributed by atoms with E-state index in [4.69, 9.17) is 14.2 Å². The van der Waals surface area contributed by atoms with Crippen LogP contribution in [0.1, 0.15) is 80.6 Å². The maximum atomic E-state index is 12.6. The number of rotatable bonds is 5. The summed E-state index contributed by atoms with van der Waals surface area (Å²) in [5.74, 6) is -0.332. The van der Waals surface area contributed by atoms with Gasteiger partial charge in [-0.25, -0.2) is 4.79 Å². The molecule has 3 saturated carbocycles. The van der Waals surface area contributed by atoms with Gasteiger partial charge in [0.05, 0.1) is 5.60 Å². The van der Waals surface area contributed by atoms with E-state index in [2.05, 4.69) is 27.7 Å². The summed E-state index contributed by atoms with van der Waals surface area (Å²) in [5, 5.41) is 31.8. The quantitative estimate of drug-likeness (QED) is 0.314. The van der Waals surface area contributed by atoms with E-state index in [1.54, 1.807) is 0 Å². The molecule has 7 heteroatoms. The van der Waals surface area contributed by atoms with E-state index in [-0.39, 0.29) is 0 Å². The molecule has 5 unspecified atom stereocenters. The van der Waals surface area contributed by atoms with Gasteiger partial charge in [0.1, 0.15) is 6.10 Å². The van der Waals surface area contributed by atoms with Crippen LogP contribution in [0.3, 0.4) is 0 Å². The Bertz CT molecular complexity index is 820. The molecule has 1 saturated heterocycles. The number of carbonyl (C=O) groups is 1. The van der Waals surface area contributed by atoms with E-state index in [9.17, 15) is 20.1 Å². The highest BCUT2D eigenvalue weighted by Crippen LogP contribution is 2.71. The third kappa shape index (κ3) is 4.26. The lowest BCUT2D eigenvalue weighted by Gasteiger charge is -2.49. The lowest BCUT2D eigenvalue weighted by molar-refractivity contribution is -0.393. The van der Waals surface area contributed by atoms with Crippen LogP contribution in [0.25, 0.3) is 0 Å².